The monoisotopic (exact) mass is 586 g/mol. The third-order valence-corrected chi connectivity index (χ3v) is 9.28. The maximum absolute atomic E-state index is 13.1. The van der Waals surface area contributed by atoms with Gasteiger partial charge in [0, 0.05) is 31.9 Å². The molecule has 41 heavy (non-hydrogen) atoms. The first kappa shape index (κ1) is 28.9. The summed E-state index contributed by atoms with van der Waals surface area (Å²) in [5, 5.41) is 0. The normalized spacial score (nSPS) is 15.0. The van der Waals surface area contributed by atoms with E-state index in [1.807, 2.05) is 60.9 Å². The highest BCUT2D eigenvalue weighted by atomic mass is 32.2. The summed E-state index contributed by atoms with van der Waals surface area (Å²) in [5.41, 5.74) is 3.33. The van der Waals surface area contributed by atoms with Gasteiger partial charge in [0.25, 0.3) is 0 Å². The van der Waals surface area contributed by atoms with Crippen molar-refractivity contribution in [1.82, 2.24) is 13.9 Å². The zero-order valence-electron chi connectivity index (χ0n) is 23.1. The molecule has 1 aromatic heterocycles. The number of rotatable bonds is 9. The standard InChI is InChI=1S/C30H33F3N4O3S/c1-3-4-18-41(38,39)36-16-14-35(15-17-36)25-19-22(2)28-27(20-25)37(29(34-28)40-26-8-6-5-7-9-26)21-23-10-12-24(13-11-23)30(31,32)33/h5-13,19-20H,3-4,14-18,21H2,1-2H3. The molecule has 7 nitrogen and oxygen atoms in total. The molecule has 11 heteroatoms. The van der Waals surface area contributed by atoms with Crippen molar-refractivity contribution in [1.29, 1.82) is 0 Å². The number of aryl methyl sites for hydroxylation is 1. The Morgan fingerprint density at radius 2 is 1.63 bits per heavy atom. The van der Waals surface area contributed by atoms with Gasteiger partial charge in [-0.2, -0.15) is 22.5 Å². The Balaban J connectivity index is 1.47. The second kappa shape index (κ2) is 11.7. The molecule has 218 valence electrons. The van der Waals surface area contributed by atoms with Crippen LogP contribution in [0.4, 0.5) is 18.9 Å². The lowest BCUT2D eigenvalue weighted by molar-refractivity contribution is -0.137. The number of sulfonamides is 1. The maximum Gasteiger partial charge on any atom is 0.416 e. The Morgan fingerprint density at radius 3 is 2.27 bits per heavy atom. The lowest BCUT2D eigenvalue weighted by Crippen LogP contribution is -2.49. The molecule has 0 radical (unpaired) electrons. The number of alkyl halides is 3. The Labute approximate surface area is 238 Å². The number of halogens is 3. The predicted octanol–water partition coefficient (Wildman–Crippen LogP) is 6.46. The summed E-state index contributed by atoms with van der Waals surface area (Å²) in [5.74, 6) is 0.761. The van der Waals surface area contributed by atoms with E-state index in [0.717, 1.165) is 40.8 Å². The lowest BCUT2D eigenvalue weighted by Gasteiger charge is -2.35. The van der Waals surface area contributed by atoms with Gasteiger partial charge in [0.15, 0.2) is 0 Å². The topological polar surface area (TPSA) is 67.7 Å². The van der Waals surface area contributed by atoms with E-state index in [1.54, 1.807) is 4.31 Å². The summed E-state index contributed by atoms with van der Waals surface area (Å²) in [6, 6.07) is 18.7. The number of aromatic nitrogens is 2. The van der Waals surface area contributed by atoms with Gasteiger partial charge in [0.05, 0.1) is 28.9 Å². The number of unbranched alkanes of at least 4 members (excludes halogenated alkanes) is 1. The van der Waals surface area contributed by atoms with Crippen molar-refractivity contribution in [3.05, 3.63) is 83.4 Å². The smallest absolute Gasteiger partial charge is 0.416 e. The minimum absolute atomic E-state index is 0.169. The molecule has 4 aromatic rings. The minimum atomic E-state index is -4.41. The first-order valence-corrected chi connectivity index (χ1v) is 15.3. The predicted molar refractivity (Wildman–Crippen MR) is 154 cm³/mol. The molecule has 0 amide bonds. The van der Waals surface area contributed by atoms with E-state index in [1.165, 1.54) is 12.1 Å². The van der Waals surface area contributed by atoms with Crippen LogP contribution >= 0.6 is 0 Å². The van der Waals surface area contributed by atoms with Crippen molar-refractivity contribution in [3.63, 3.8) is 0 Å². The molecule has 1 aliphatic rings. The van der Waals surface area contributed by atoms with E-state index in [2.05, 4.69) is 4.90 Å². The third-order valence-electron chi connectivity index (χ3n) is 7.32. The quantitative estimate of drug-likeness (QED) is 0.225. The van der Waals surface area contributed by atoms with Gasteiger partial charge in [-0.25, -0.2) is 8.42 Å². The van der Waals surface area contributed by atoms with Crippen LogP contribution in [0.3, 0.4) is 0 Å². The molecular weight excluding hydrogens is 553 g/mol. The largest absolute Gasteiger partial charge is 0.425 e. The number of hydrogen-bond acceptors (Lipinski definition) is 5. The maximum atomic E-state index is 13.1. The molecule has 0 N–H and O–H groups in total. The van der Waals surface area contributed by atoms with Crippen LogP contribution in [0.5, 0.6) is 11.8 Å². The summed E-state index contributed by atoms with van der Waals surface area (Å²) in [7, 11) is -3.27. The number of para-hydroxylation sites is 1. The number of benzene rings is 3. The lowest BCUT2D eigenvalue weighted by atomic mass is 10.1. The highest BCUT2D eigenvalue weighted by Crippen LogP contribution is 2.34. The summed E-state index contributed by atoms with van der Waals surface area (Å²) < 4.78 is 74.4. The van der Waals surface area contributed by atoms with E-state index in [9.17, 15) is 21.6 Å². The highest BCUT2D eigenvalue weighted by molar-refractivity contribution is 7.89. The Bertz CT molecular complexity index is 1600. The number of imidazole rings is 1. The van der Waals surface area contributed by atoms with Crippen molar-refractivity contribution in [2.75, 3.05) is 36.8 Å². The van der Waals surface area contributed by atoms with Crippen LogP contribution in [0.2, 0.25) is 0 Å². The van der Waals surface area contributed by atoms with Crippen molar-refractivity contribution in [2.45, 2.75) is 39.4 Å². The Hall–Kier alpha value is -3.57. The van der Waals surface area contributed by atoms with Crippen LogP contribution in [-0.2, 0) is 22.7 Å². The fourth-order valence-corrected chi connectivity index (χ4v) is 6.65. The third kappa shape index (κ3) is 6.51. The number of ether oxygens (including phenoxy) is 1. The van der Waals surface area contributed by atoms with Gasteiger partial charge < -0.3 is 9.64 Å². The van der Waals surface area contributed by atoms with Crippen LogP contribution in [0.15, 0.2) is 66.7 Å². The zero-order valence-corrected chi connectivity index (χ0v) is 23.9. The molecule has 0 bridgehead atoms. The second-order valence-electron chi connectivity index (χ2n) is 10.3. The van der Waals surface area contributed by atoms with E-state index in [-0.39, 0.29) is 12.3 Å². The second-order valence-corrected chi connectivity index (χ2v) is 12.4. The Morgan fingerprint density at radius 1 is 0.951 bits per heavy atom. The molecule has 2 heterocycles. The van der Waals surface area contributed by atoms with E-state index >= 15 is 0 Å². The summed E-state index contributed by atoms with van der Waals surface area (Å²) in [6.07, 6.45) is -2.93. The molecule has 1 aliphatic heterocycles. The van der Waals surface area contributed by atoms with Crippen LogP contribution in [-0.4, -0.2) is 54.2 Å². The molecule has 3 aromatic carbocycles. The van der Waals surface area contributed by atoms with Crippen molar-refractivity contribution < 1.29 is 26.3 Å². The van der Waals surface area contributed by atoms with Crippen molar-refractivity contribution >= 4 is 26.7 Å². The van der Waals surface area contributed by atoms with E-state index < -0.39 is 21.8 Å². The average molecular weight is 587 g/mol. The first-order valence-electron chi connectivity index (χ1n) is 13.7. The molecule has 0 unspecified atom stereocenters. The summed E-state index contributed by atoms with van der Waals surface area (Å²) in [4.78, 5) is 6.93. The average Bonchev–Trinajstić information content (AvgIpc) is 3.29. The highest BCUT2D eigenvalue weighted by Gasteiger charge is 2.30. The van der Waals surface area contributed by atoms with Gasteiger partial charge in [-0.1, -0.05) is 43.7 Å². The van der Waals surface area contributed by atoms with Gasteiger partial charge in [-0.3, -0.25) is 4.57 Å². The molecule has 1 saturated heterocycles. The number of anilines is 1. The van der Waals surface area contributed by atoms with Gasteiger partial charge in [-0.15, -0.1) is 0 Å². The van der Waals surface area contributed by atoms with Crippen molar-refractivity contribution in [2.24, 2.45) is 0 Å². The van der Waals surface area contributed by atoms with Crippen LogP contribution in [0, 0.1) is 6.92 Å². The SMILES string of the molecule is CCCCS(=O)(=O)N1CCN(c2cc(C)c3nc(Oc4ccccc4)n(Cc4ccc(C(F)(F)F)cc4)c3c2)CC1. The molecule has 1 fully saturated rings. The number of piperazine rings is 1. The number of fused-ring (bicyclic) bond motifs is 1. The molecule has 5 rings (SSSR count). The molecule has 0 atom stereocenters. The Kier molecular flexibility index (Phi) is 8.28. The van der Waals surface area contributed by atoms with Gasteiger partial charge in [0.2, 0.25) is 10.0 Å². The van der Waals surface area contributed by atoms with Crippen LogP contribution < -0.4 is 9.64 Å². The summed E-state index contributed by atoms with van der Waals surface area (Å²) in [6.45, 7) is 6.12. The molecule has 0 aliphatic carbocycles. The van der Waals surface area contributed by atoms with Gasteiger partial charge >= 0.3 is 12.2 Å². The molecular formula is C30H33F3N4O3S. The zero-order chi connectivity index (χ0) is 29.2. The molecule has 0 saturated carbocycles. The summed E-state index contributed by atoms with van der Waals surface area (Å²) >= 11 is 0. The van der Waals surface area contributed by atoms with Crippen molar-refractivity contribution in [3.8, 4) is 11.8 Å². The van der Waals surface area contributed by atoms with Crippen LogP contribution in [0.25, 0.3) is 11.0 Å². The fourth-order valence-electron chi connectivity index (χ4n) is 5.02. The fraction of sp³-hybridized carbons (Fsp3) is 0.367. The minimum Gasteiger partial charge on any atom is -0.425 e. The van der Waals surface area contributed by atoms with E-state index in [4.69, 9.17) is 9.72 Å². The number of nitrogens with zero attached hydrogens (tertiary/aromatic N) is 4. The molecule has 0 spiro atoms. The van der Waals surface area contributed by atoms with Crippen LogP contribution in [0.1, 0.15) is 36.5 Å². The van der Waals surface area contributed by atoms with Gasteiger partial charge in [0.1, 0.15) is 5.75 Å². The first-order chi connectivity index (χ1) is 19.5. The number of hydrogen-bond donors (Lipinski definition) is 0. The van der Waals surface area contributed by atoms with E-state index in [0.29, 0.717) is 49.9 Å². The van der Waals surface area contributed by atoms with Gasteiger partial charge in [-0.05, 0) is 60.9 Å².